The molecular weight excluding hydrogens is 600 g/mol. The molecule has 2 heterocycles. The third kappa shape index (κ3) is 5.95. The van der Waals surface area contributed by atoms with E-state index in [1.54, 1.807) is 18.2 Å². The van der Waals surface area contributed by atoms with Gasteiger partial charge in [-0.1, -0.05) is 17.4 Å². The molecule has 0 radical (unpaired) electrons. The summed E-state index contributed by atoms with van der Waals surface area (Å²) < 4.78 is 30.8. The van der Waals surface area contributed by atoms with Crippen LogP contribution in [0.1, 0.15) is 44.9 Å². The molecule has 40 heavy (non-hydrogen) atoms. The smallest absolute Gasteiger partial charge is 0.337 e. The van der Waals surface area contributed by atoms with Crippen LogP contribution in [-0.2, 0) is 9.53 Å². The Balaban J connectivity index is 1.89. The van der Waals surface area contributed by atoms with E-state index >= 15 is 0 Å². The zero-order chi connectivity index (χ0) is 28.8. The second-order valence-corrected chi connectivity index (χ2v) is 10.3. The van der Waals surface area contributed by atoms with Crippen LogP contribution in [-0.4, -0.2) is 44.1 Å². The molecule has 1 aliphatic heterocycles. The van der Waals surface area contributed by atoms with Crippen molar-refractivity contribution in [1.82, 2.24) is 4.57 Å². The standard InChI is InChI=1S/C29H31BrN2O7S/c1-6-36-21-11-10-18(15-22(21)37-7-2)25-19(28(34)35-5)16-31-29-32(25)27(33)24(40-29)14-17-12-20(30)26(39-9-4)23(13-17)38-8-3/h10-16,25H,6-9H2,1-5H3/b24-14+/t25-/m0/s1. The number of nitrogens with zero attached hydrogens (tertiary/aromatic N) is 2. The first-order valence-electron chi connectivity index (χ1n) is 12.9. The van der Waals surface area contributed by atoms with Gasteiger partial charge >= 0.3 is 5.97 Å². The van der Waals surface area contributed by atoms with Crippen LogP contribution in [0.4, 0.5) is 0 Å². The van der Waals surface area contributed by atoms with Gasteiger partial charge in [0, 0.05) is 6.20 Å². The third-order valence-corrected chi connectivity index (χ3v) is 7.51. The number of carbonyl (C=O) groups is 1. The summed E-state index contributed by atoms with van der Waals surface area (Å²) in [6.45, 7) is 9.39. The van der Waals surface area contributed by atoms with Crippen LogP contribution in [0, 0.1) is 0 Å². The van der Waals surface area contributed by atoms with Crippen molar-refractivity contribution in [3.63, 3.8) is 0 Å². The lowest BCUT2D eigenvalue weighted by molar-refractivity contribution is -0.136. The second kappa shape index (κ2) is 13.2. The van der Waals surface area contributed by atoms with Crippen molar-refractivity contribution < 1.29 is 28.5 Å². The molecule has 0 fully saturated rings. The van der Waals surface area contributed by atoms with E-state index in [1.165, 1.54) is 29.2 Å². The summed E-state index contributed by atoms with van der Waals surface area (Å²) >= 11 is 4.79. The highest BCUT2D eigenvalue weighted by Crippen LogP contribution is 2.37. The van der Waals surface area contributed by atoms with E-state index < -0.39 is 12.0 Å². The Morgan fingerprint density at radius 2 is 1.65 bits per heavy atom. The maximum atomic E-state index is 13.9. The van der Waals surface area contributed by atoms with Gasteiger partial charge < -0.3 is 23.7 Å². The van der Waals surface area contributed by atoms with Gasteiger partial charge in [-0.2, -0.15) is 0 Å². The van der Waals surface area contributed by atoms with Gasteiger partial charge in [0.1, 0.15) is 0 Å². The number of carbonyl (C=O) groups excluding carboxylic acids is 1. The molecule has 1 atom stereocenters. The van der Waals surface area contributed by atoms with Crippen LogP contribution in [0.25, 0.3) is 6.08 Å². The predicted molar refractivity (Wildman–Crippen MR) is 156 cm³/mol. The quantitative estimate of drug-likeness (QED) is 0.290. The highest BCUT2D eigenvalue weighted by molar-refractivity contribution is 9.10. The van der Waals surface area contributed by atoms with Crippen molar-refractivity contribution in [2.75, 3.05) is 33.5 Å². The van der Waals surface area contributed by atoms with Gasteiger partial charge in [-0.05, 0) is 85.1 Å². The van der Waals surface area contributed by atoms with E-state index in [9.17, 15) is 9.59 Å². The largest absolute Gasteiger partial charge is 0.490 e. The molecule has 11 heteroatoms. The fourth-order valence-corrected chi connectivity index (χ4v) is 5.90. The Morgan fingerprint density at radius 1 is 0.975 bits per heavy atom. The lowest BCUT2D eigenvalue weighted by atomic mass is 9.97. The Kier molecular flexibility index (Phi) is 9.70. The maximum absolute atomic E-state index is 13.9. The molecule has 9 nitrogen and oxygen atoms in total. The highest BCUT2D eigenvalue weighted by atomic mass is 79.9. The highest BCUT2D eigenvalue weighted by Gasteiger charge is 2.31. The van der Waals surface area contributed by atoms with Crippen LogP contribution in [0.3, 0.4) is 0 Å². The molecule has 0 N–H and O–H groups in total. The Hall–Kier alpha value is -3.57. The van der Waals surface area contributed by atoms with E-state index in [2.05, 4.69) is 20.9 Å². The average Bonchev–Trinajstić information content (AvgIpc) is 3.25. The van der Waals surface area contributed by atoms with Crippen LogP contribution in [0.2, 0.25) is 0 Å². The molecule has 0 saturated carbocycles. The molecule has 0 aliphatic carbocycles. The number of hydrogen-bond donors (Lipinski definition) is 0. The predicted octanol–water partition coefficient (Wildman–Crippen LogP) is 4.38. The normalized spacial score (nSPS) is 14.6. The van der Waals surface area contributed by atoms with E-state index in [0.29, 0.717) is 68.8 Å². The van der Waals surface area contributed by atoms with E-state index in [0.717, 1.165) is 5.56 Å². The zero-order valence-electron chi connectivity index (χ0n) is 23.0. The summed E-state index contributed by atoms with van der Waals surface area (Å²) in [4.78, 5) is 31.6. The van der Waals surface area contributed by atoms with Crippen molar-refractivity contribution in [3.8, 4) is 23.0 Å². The molecule has 1 aliphatic rings. The number of ether oxygens (including phenoxy) is 5. The maximum Gasteiger partial charge on any atom is 0.337 e. The first-order chi connectivity index (χ1) is 19.4. The molecule has 0 bridgehead atoms. The van der Waals surface area contributed by atoms with Crippen LogP contribution in [0.5, 0.6) is 23.0 Å². The molecule has 4 rings (SSSR count). The van der Waals surface area contributed by atoms with E-state index in [1.807, 2.05) is 45.9 Å². The molecule has 0 saturated heterocycles. The van der Waals surface area contributed by atoms with Gasteiger partial charge in [0.25, 0.3) is 5.56 Å². The molecule has 212 valence electrons. The van der Waals surface area contributed by atoms with Gasteiger partial charge in [-0.15, -0.1) is 0 Å². The van der Waals surface area contributed by atoms with Gasteiger partial charge in [0.2, 0.25) is 0 Å². The third-order valence-electron chi connectivity index (χ3n) is 5.93. The summed E-state index contributed by atoms with van der Waals surface area (Å²) in [6.07, 6.45) is 3.23. The molecule has 0 amide bonds. The summed E-state index contributed by atoms with van der Waals surface area (Å²) in [5.41, 5.74) is 1.34. The lowest BCUT2D eigenvalue weighted by Crippen LogP contribution is -2.39. The van der Waals surface area contributed by atoms with Crippen molar-refractivity contribution >= 4 is 39.3 Å². The molecule has 1 aromatic heterocycles. The van der Waals surface area contributed by atoms with Crippen LogP contribution >= 0.6 is 27.3 Å². The van der Waals surface area contributed by atoms with E-state index in [-0.39, 0.29) is 11.1 Å². The Bertz CT molecular complexity index is 1610. The van der Waals surface area contributed by atoms with Crippen molar-refractivity contribution in [2.24, 2.45) is 4.99 Å². The van der Waals surface area contributed by atoms with Gasteiger partial charge in [-0.3, -0.25) is 9.36 Å². The topological polar surface area (TPSA) is 97.6 Å². The zero-order valence-corrected chi connectivity index (χ0v) is 25.4. The minimum absolute atomic E-state index is 0.232. The number of halogens is 1. The number of fused-ring (bicyclic) bond motifs is 1. The van der Waals surface area contributed by atoms with E-state index in [4.69, 9.17) is 23.7 Å². The summed E-state index contributed by atoms with van der Waals surface area (Å²) in [6, 6.07) is 8.30. The molecule has 0 spiro atoms. The van der Waals surface area contributed by atoms with Crippen LogP contribution < -0.4 is 33.8 Å². The molecular formula is C29H31BrN2O7S. The fourth-order valence-electron chi connectivity index (χ4n) is 4.36. The Morgan fingerprint density at radius 3 is 2.33 bits per heavy atom. The first kappa shape index (κ1) is 29.4. The van der Waals surface area contributed by atoms with Crippen LogP contribution in [0.15, 0.2) is 56.4 Å². The number of thiazole rings is 1. The summed E-state index contributed by atoms with van der Waals surface area (Å²) in [5.74, 6) is 1.70. The second-order valence-electron chi connectivity index (χ2n) is 8.44. The minimum atomic E-state index is -0.771. The first-order valence-corrected chi connectivity index (χ1v) is 14.6. The SMILES string of the molecule is CCOc1ccc([C@H]2C(C(=O)OC)=CN=c3s/c(=C/c4cc(Br)c(OCC)c(OCC)c4)c(=O)n32)cc1OCC. The van der Waals surface area contributed by atoms with Crippen molar-refractivity contribution in [2.45, 2.75) is 33.7 Å². The van der Waals surface area contributed by atoms with Gasteiger partial charge in [0.15, 0.2) is 27.8 Å². The molecule has 2 aromatic carbocycles. The number of benzene rings is 2. The number of hydrogen-bond acceptors (Lipinski definition) is 9. The number of rotatable bonds is 11. The monoisotopic (exact) mass is 630 g/mol. The lowest BCUT2D eigenvalue weighted by Gasteiger charge is -2.23. The minimum Gasteiger partial charge on any atom is -0.490 e. The summed E-state index contributed by atoms with van der Waals surface area (Å²) in [7, 11) is 1.30. The van der Waals surface area contributed by atoms with Crippen molar-refractivity contribution in [1.29, 1.82) is 0 Å². The van der Waals surface area contributed by atoms with Gasteiger partial charge in [-0.25, -0.2) is 9.79 Å². The fraction of sp³-hybridized carbons (Fsp3) is 0.345. The number of aromatic nitrogens is 1. The van der Waals surface area contributed by atoms with Crippen molar-refractivity contribution in [3.05, 3.63) is 77.4 Å². The number of esters is 1. The Labute approximate surface area is 244 Å². The molecule has 0 unspecified atom stereocenters. The van der Waals surface area contributed by atoms with Gasteiger partial charge in [0.05, 0.1) is 54.2 Å². The summed E-state index contributed by atoms with van der Waals surface area (Å²) in [5, 5.41) is 0. The molecule has 3 aromatic rings. The number of methoxy groups -OCH3 is 1. The average molecular weight is 632 g/mol.